The van der Waals surface area contributed by atoms with Gasteiger partial charge in [-0.15, -0.1) is 0 Å². The summed E-state index contributed by atoms with van der Waals surface area (Å²) in [7, 11) is 0. The third-order valence-electron chi connectivity index (χ3n) is 2.67. The molecule has 0 bridgehead atoms. The number of nitrogens with two attached hydrogens (primary N) is 1. The number of nitrogens with zero attached hydrogens (tertiary/aromatic N) is 1. The highest BCUT2D eigenvalue weighted by Crippen LogP contribution is 2.12. The molecule has 0 atom stereocenters. The summed E-state index contributed by atoms with van der Waals surface area (Å²) in [6.07, 6.45) is 1.59. The summed E-state index contributed by atoms with van der Waals surface area (Å²) in [6, 6.07) is 10.2. The van der Waals surface area contributed by atoms with Crippen molar-refractivity contribution in [2.75, 3.05) is 0 Å². The number of halogens is 1. The normalized spacial score (nSPS) is 10.1. The highest BCUT2D eigenvalue weighted by Gasteiger charge is 2.10. The van der Waals surface area contributed by atoms with E-state index in [1.807, 2.05) is 6.07 Å². The van der Waals surface area contributed by atoms with Crippen LogP contribution in [0.25, 0.3) is 0 Å². The van der Waals surface area contributed by atoms with Crippen LogP contribution in [0.3, 0.4) is 0 Å². The van der Waals surface area contributed by atoms with E-state index >= 15 is 0 Å². The quantitative estimate of drug-likeness (QED) is 0.837. The molecule has 20 heavy (non-hydrogen) atoms. The molecule has 3 N–H and O–H groups in total. The van der Waals surface area contributed by atoms with Gasteiger partial charge in [0, 0.05) is 18.3 Å². The first-order valence-electron chi connectivity index (χ1n) is 5.85. The maximum absolute atomic E-state index is 12.0. The number of carbonyl (C=O) groups is 2. The van der Waals surface area contributed by atoms with Crippen LogP contribution >= 0.6 is 15.9 Å². The zero-order valence-electron chi connectivity index (χ0n) is 10.5. The average Bonchev–Trinajstić information content (AvgIpc) is 2.45. The molecule has 0 unspecified atom stereocenters. The van der Waals surface area contributed by atoms with Crippen molar-refractivity contribution in [2.24, 2.45) is 5.73 Å². The van der Waals surface area contributed by atoms with Crippen LogP contribution in [0.2, 0.25) is 0 Å². The van der Waals surface area contributed by atoms with Crippen molar-refractivity contribution in [3.63, 3.8) is 0 Å². The summed E-state index contributed by atoms with van der Waals surface area (Å²) in [5.41, 5.74) is 6.88. The van der Waals surface area contributed by atoms with Crippen LogP contribution < -0.4 is 11.1 Å². The fraction of sp³-hybridized carbons (Fsp3) is 0.0714. The molecule has 0 aliphatic heterocycles. The van der Waals surface area contributed by atoms with Gasteiger partial charge in [0.1, 0.15) is 4.60 Å². The first-order valence-corrected chi connectivity index (χ1v) is 6.64. The minimum absolute atomic E-state index is 0.241. The number of benzene rings is 1. The third kappa shape index (κ3) is 3.42. The average molecular weight is 334 g/mol. The second-order valence-corrected chi connectivity index (χ2v) is 4.84. The number of nitrogens with one attached hydrogen (secondary N) is 1. The van der Waals surface area contributed by atoms with Crippen LogP contribution in [0.15, 0.2) is 47.2 Å². The topological polar surface area (TPSA) is 85.1 Å². The molecule has 1 aromatic heterocycles. The smallest absolute Gasteiger partial charge is 0.254 e. The van der Waals surface area contributed by atoms with E-state index in [4.69, 9.17) is 5.73 Å². The molecule has 1 aromatic carbocycles. The lowest BCUT2D eigenvalue weighted by Gasteiger charge is -2.07. The zero-order valence-corrected chi connectivity index (χ0v) is 12.1. The van der Waals surface area contributed by atoms with Gasteiger partial charge in [-0.3, -0.25) is 9.59 Å². The molecule has 0 fully saturated rings. The van der Waals surface area contributed by atoms with Gasteiger partial charge in [0.2, 0.25) is 5.91 Å². The van der Waals surface area contributed by atoms with Gasteiger partial charge in [-0.1, -0.05) is 12.1 Å². The predicted octanol–water partition coefficient (Wildman–Crippen LogP) is 1.87. The Hall–Kier alpha value is -2.21. The predicted molar refractivity (Wildman–Crippen MR) is 78.1 cm³/mol. The first kappa shape index (κ1) is 14.2. The number of carbonyl (C=O) groups excluding carboxylic acids is 2. The van der Waals surface area contributed by atoms with Gasteiger partial charge in [0.15, 0.2) is 0 Å². The molecule has 0 spiro atoms. The summed E-state index contributed by atoms with van der Waals surface area (Å²) in [5.74, 6) is -0.734. The van der Waals surface area contributed by atoms with Crippen LogP contribution in [-0.2, 0) is 6.54 Å². The Morgan fingerprint density at radius 3 is 2.75 bits per heavy atom. The fourth-order valence-electron chi connectivity index (χ4n) is 1.67. The highest BCUT2D eigenvalue weighted by molar-refractivity contribution is 9.10. The maximum atomic E-state index is 12.0. The number of hydrogen-bond acceptors (Lipinski definition) is 3. The Bertz CT molecular complexity index is 658. The van der Waals surface area contributed by atoms with E-state index in [9.17, 15) is 9.59 Å². The molecule has 1 heterocycles. The Labute approximate surface area is 124 Å². The number of pyridine rings is 1. The van der Waals surface area contributed by atoms with E-state index in [0.717, 1.165) is 5.56 Å². The van der Waals surface area contributed by atoms with Gasteiger partial charge in [-0.05, 0) is 45.8 Å². The lowest BCUT2D eigenvalue weighted by atomic mass is 10.1. The van der Waals surface area contributed by atoms with E-state index in [1.165, 1.54) is 0 Å². The van der Waals surface area contributed by atoms with Crippen LogP contribution in [0.1, 0.15) is 26.3 Å². The molecule has 0 radical (unpaired) electrons. The van der Waals surface area contributed by atoms with Crippen LogP contribution in [0.5, 0.6) is 0 Å². The Kier molecular flexibility index (Phi) is 4.47. The molecule has 0 saturated carbocycles. The summed E-state index contributed by atoms with van der Waals surface area (Å²) >= 11 is 3.22. The minimum atomic E-state index is -0.492. The van der Waals surface area contributed by atoms with E-state index in [-0.39, 0.29) is 5.91 Å². The van der Waals surface area contributed by atoms with Crippen LogP contribution in [0, 0.1) is 0 Å². The Morgan fingerprint density at radius 1 is 1.25 bits per heavy atom. The number of rotatable bonds is 4. The molecule has 6 heteroatoms. The molecular weight excluding hydrogens is 322 g/mol. The molecule has 0 aliphatic rings. The lowest BCUT2D eigenvalue weighted by molar-refractivity contribution is 0.0949. The van der Waals surface area contributed by atoms with E-state index in [0.29, 0.717) is 22.3 Å². The summed E-state index contributed by atoms with van der Waals surface area (Å²) in [6.45, 7) is 0.307. The Morgan fingerprint density at radius 2 is 2.05 bits per heavy atom. The summed E-state index contributed by atoms with van der Waals surface area (Å²) in [4.78, 5) is 27.0. The molecular formula is C14H12BrN3O2. The first-order chi connectivity index (χ1) is 9.58. The maximum Gasteiger partial charge on any atom is 0.254 e. The van der Waals surface area contributed by atoms with Crippen molar-refractivity contribution in [3.8, 4) is 0 Å². The summed E-state index contributed by atoms with van der Waals surface area (Å²) < 4.78 is 0.489. The second-order valence-electron chi connectivity index (χ2n) is 4.09. The number of hydrogen-bond donors (Lipinski definition) is 2. The van der Waals surface area contributed by atoms with Crippen molar-refractivity contribution in [1.82, 2.24) is 10.3 Å². The molecule has 102 valence electrons. The number of aromatic nitrogens is 1. The van der Waals surface area contributed by atoms with E-state index in [2.05, 4.69) is 26.2 Å². The van der Waals surface area contributed by atoms with E-state index < -0.39 is 5.91 Å². The number of amides is 2. The minimum Gasteiger partial charge on any atom is -0.366 e. The molecule has 2 amide bonds. The highest BCUT2D eigenvalue weighted by atomic mass is 79.9. The summed E-state index contributed by atoms with van der Waals surface area (Å²) in [5, 5.41) is 2.76. The van der Waals surface area contributed by atoms with Gasteiger partial charge in [-0.25, -0.2) is 4.98 Å². The standard InChI is InChI=1S/C14H12BrN3O2/c15-12-11(5-2-6-17-12)14(20)18-8-9-3-1-4-10(7-9)13(16)19/h1-7H,8H2,(H2,16,19)(H,18,20). The van der Waals surface area contributed by atoms with Crippen molar-refractivity contribution < 1.29 is 9.59 Å². The molecule has 2 rings (SSSR count). The van der Waals surface area contributed by atoms with Gasteiger partial charge in [-0.2, -0.15) is 0 Å². The van der Waals surface area contributed by atoms with Crippen molar-refractivity contribution in [3.05, 3.63) is 63.9 Å². The SMILES string of the molecule is NC(=O)c1cccc(CNC(=O)c2cccnc2Br)c1. The zero-order chi connectivity index (χ0) is 14.5. The van der Waals surface area contributed by atoms with Gasteiger partial charge in [0.25, 0.3) is 5.91 Å². The van der Waals surface area contributed by atoms with Gasteiger partial charge < -0.3 is 11.1 Å². The second kappa shape index (κ2) is 6.29. The van der Waals surface area contributed by atoms with Crippen molar-refractivity contribution >= 4 is 27.7 Å². The fourth-order valence-corrected chi connectivity index (χ4v) is 2.10. The monoisotopic (exact) mass is 333 g/mol. The van der Waals surface area contributed by atoms with E-state index in [1.54, 1.807) is 36.5 Å². The van der Waals surface area contributed by atoms with Crippen molar-refractivity contribution in [2.45, 2.75) is 6.54 Å². The molecule has 0 saturated heterocycles. The lowest BCUT2D eigenvalue weighted by Crippen LogP contribution is -2.23. The molecule has 5 nitrogen and oxygen atoms in total. The largest absolute Gasteiger partial charge is 0.366 e. The molecule has 2 aromatic rings. The van der Waals surface area contributed by atoms with Crippen LogP contribution in [0.4, 0.5) is 0 Å². The molecule has 0 aliphatic carbocycles. The third-order valence-corrected chi connectivity index (χ3v) is 3.30. The van der Waals surface area contributed by atoms with Gasteiger partial charge >= 0.3 is 0 Å². The number of primary amides is 1. The van der Waals surface area contributed by atoms with Crippen LogP contribution in [-0.4, -0.2) is 16.8 Å². The van der Waals surface area contributed by atoms with Crippen molar-refractivity contribution in [1.29, 1.82) is 0 Å². The Balaban J connectivity index is 2.06. The van der Waals surface area contributed by atoms with Gasteiger partial charge in [0.05, 0.1) is 5.56 Å².